The molecule has 0 spiro atoms. The maximum Gasteiger partial charge on any atom is 0.364 e. The molecule has 0 radical (unpaired) electrons. The smallest absolute Gasteiger partial charge is 0.364 e. The SMILES string of the molecule is CCOC(=O)c1c(C)nc(C)c(P2(=O)OC(C)CC(C)O2)c1-c1cccc([N+](=O)[O-])c1. The van der Waals surface area contributed by atoms with E-state index in [1.807, 2.05) is 0 Å². The van der Waals surface area contributed by atoms with Crippen LogP contribution >= 0.6 is 7.60 Å². The molecule has 1 aliphatic rings. The fraction of sp³-hybridized carbons (Fsp3) is 0.429. The van der Waals surface area contributed by atoms with Crippen molar-refractivity contribution in [2.45, 2.75) is 53.2 Å². The lowest BCUT2D eigenvalue weighted by Crippen LogP contribution is -2.31. The van der Waals surface area contributed by atoms with E-state index in [0.29, 0.717) is 23.4 Å². The molecule has 2 atom stereocenters. The molecule has 10 heteroatoms. The van der Waals surface area contributed by atoms with Gasteiger partial charge in [0.2, 0.25) is 0 Å². The van der Waals surface area contributed by atoms with Crippen molar-refractivity contribution in [3.8, 4) is 11.1 Å². The van der Waals surface area contributed by atoms with Gasteiger partial charge in [0.25, 0.3) is 5.69 Å². The average molecular weight is 448 g/mol. The summed E-state index contributed by atoms with van der Waals surface area (Å²) in [6.07, 6.45) is -0.141. The molecule has 1 aromatic carbocycles. The molecule has 2 heterocycles. The zero-order valence-corrected chi connectivity index (χ0v) is 19.0. The standard InChI is InChI=1S/C21H25N2O7P/c1-6-28-21(24)18-14(4)22-15(5)20(31(27)29-12(2)10-13(3)30-31)19(18)16-8-7-9-17(11-16)23(25)26/h7-9,11-13H,6,10H2,1-5H3. The molecule has 31 heavy (non-hydrogen) atoms. The Morgan fingerprint density at radius 1 is 1.26 bits per heavy atom. The summed E-state index contributed by atoms with van der Waals surface area (Å²) < 4.78 is 30.8. The Morgan fingerprint density at radius 3 is 2.48 bits per heavy atom. The van der Waals surface area contributed by atoms with Crippen LogP contribution in [0.15, 0.2) is 24.3 Å². The first kappa shape index (κ1) is 23.1. The predicted molar refractivity (Wildman–Crippen MR) is 115 cm³/mol. The van der Waals surface area contributed by atoms with E-state index in [9.17, 15) is 19.5 Å². The Balaban J connectivity index is 2.39. The number of nitro groups is 1. The van der Waals surface area contributed by atoms with Crippen molar-refractivity contribution in [1.29, 1.82) is 0 Å². The minimum absolute atomic E-state index is 0.0799. The number of carbonyl (C=O) groups excluding carboxylic acids is 1. The Hall–Kier alpha value is -2.61. The van der Waals surface area contributed by atoms with E-state index in [1.54, 1.807) is 40.7 Å². The molecule has 1 aliphatic heterocycles. The van der Waals surface area contributed by atoms with Gasteiger partial charge in [-0.05, 0) is 40.2 Å². The highest BCUT2D eigenvalue weighted by atomic mass is 31.2. The number of rotatable bonds is 5. The van der Waals surface area contributed by atoms with Crippen molar-refractivity contribution in [2.75, 3.05) is 6.61 Å². The summed E-state index contributed by atoms with van der Waals surface area (Å²) in [6.45, 7) is 8.65. The number of carbonyl (C=O) groups is 1. The number of benzene rings is 1. The first-order valence-corrected chi connectivity index (χ1v) is 11.5. The Labute approximate surface area is 180 Å². The van der Waals surface area contributed by atoms with Gasteiger partial charge in [-0.2, -0.15) is 0 Å². The fourth-order valence-electron chi connectivity index (χ4n) is 3.84. The lowest BCUT2D eigenvalue weighted by atomic mass is 9.97. The summed E-state index contributed by atoms with van der Waals surface area (Å²) >= 11 is 0. The molecule has 166 valence electrons. The molecule has 0 bridgehead atoms. The van der Waals surface area contributed by atoms with Gasteiger partial charge in [-0.25, -0.2) is 4.79 Å². The molecule has 0 N–H and O–H groups in total. The van der Waals surface area contributed by atoms with Gasteiger partial charge in [-0.3, -0.25) is 19.7 Å². The zero-order valence-electron chi connectivity index (χ0n) is 18.1. The number of hydrogen-bond donors (Lipinski definition) is 0. The van der Waals surface area contributed by atoms with Crippen LogP contribution in [0.3, 0.4) is 0 Å². The Morgan fingerprint density at radius 2 is 1.90 bits per heavy atom. The monoisotopic (exact) mass is 448 g/mol. The summed E-state index contributed by atoms with van der Waals surface area (Å²) in [5.74, 6) is -0.667. The van der Waals surface area contributed by atoms with Crippen molar-refractivity contribution in [2.24, 2.45) is 0 Å². The number of nitrogens with zero attached hydrogens (tertiary/aromatic N) is 2. The van der Waals surface area contributed by atoms with Crippen LogP contribution in [-0.4, -0.2) is 34.7 Å². The molecule has 0 saturated carbocycles. The molecule has 9 nitrogen and oxygen atoms in total. The molecule has 1 fully saturated rings. The molecule has 0 aliphatic carbocycles. The van der Waals surface area contributed by atoms with Gasteiger partial charge in [0.1, 0.15) is 0 Å². The Kier molecular flexibility index (Phi) is 6.59. The molecule has 1 saturated heterocycles. The summed E-state index contributed by atoms with van der Waals surface area (Å²) in [6, 6.07) is 5.77. The van der Waals surface area contributed by atoms with Gasteiger partial charge in [0.15, 0.2) is 0 Å². The van der Waals surface area contributed by atoms with Crippen molar-refractivity contribution in [1.82, 2.24) is 4.98 Å². The number of esters is 1. The molecule has 2 unspecified atom stereocenters. The molecular weight excluding hydrogens is 423 g/mol. The third kappa shape index (κ3) is 4.54. The maximum absolute atomic E-state index is 14.0. The summed E-state index contributed by atoms with van der Waals surface area (Å²) in [4.78, 5) is 28.2. The molecular formula is C21H25N2O7P. The highest BCUT2D eigenvalue weighted by Gasteiger charge is 2.42. The zero-order chi connectivity index (χ0) is 22.9. The van der Waals surface area contributed by atoms with E-state index in [2.05, 4.69) is 4.98 Å². The van der Waals surface area contributed by atoms with Crippen LogP contribution < -0.4 is 5.30 Å². The second kappa shape index (κ2) is 8.86. The van der Waals surface area contributed by atoms with Crippen LogP contribution in [0.1, 0.15) is 48.9 Å². The van der Waals surface area contributed by atoms with Crippen molar-refractivity contribution in [3.63, 3.8) is 0 Å². The third-order valence-electron chi connectivity index (χ3n) is 4.93. The number of aryl methyl sites for hydroxylation is 2. The van der Waals surface area contributed by atoms with Gasteiger partial charge in [-0.1, -0.05) is 12.1 Å². The number of ether oxygens (including phenoxy) is 1. The molecule has 2 aromatic rings. The number of pyridine rings is 1. The van der Waals surface area contributed by atoms with Crippen molar-refractivity contribution in [3.05, 3.63) is 51.3 Å². The second-order valence-corrected chi connectivity index (χ2v) is 9.34. The van der Waals surface area contributed by atoms with Crippen LogP contribution in [-0.2, 0) is 18.3 Å². The first-order valence-electron chi connectivity index (χ1n) is 9.98. The lowest BCUT2D eigenvalue weighted by molar-refractivity contribution is -0.384. The molecule has 0 amide bonds. The number of aromatic nitrogens is 1. The highest BCUT2D eigenvalue weighted by Crippen LogP contribution is 2.56. The van der Waals surface area contributed by atoms with Gasteiger partial charge in [0, 0.05) is 24.1 Å². The summed E-state index contributed by atoms with van der Waals surface area (Å²) in [5, 5.41) is 11.5. The van der Waals surface area contributed by atoms with E-state index < -0.39 is 18.5 Å². The molecule has 1 aromatic heterocycles. The first-order chi connectivity index (χ1) is 14.6. The van der Waals surface area contributed by atoms with E-state index in [4.69, 9.17) is 13.8 Å². The second-order valence-electron chi connectivity index (χ2n) is 7.47. The fourth-order valence-corrected chi connectivity index (χ4v) is 6.18. The normalized spacial score (nSPS) is 23.4. The van der Waals surface area contributed by atoms with E-state index in [0.717, 1.165) is 0 Å². The van der Waals surface area contributed by atoms with Gasteiger partial charge >= 0.3 is 13.6 Å². The van der Waals surface area contributed by atoms with Crippen LogP contribution in [0.25, 0.3) is 11.1 Å². The van der Waals surface area contributed by atoms with Gasteiger partial charge in [-0.15, -0.1) is 0 Å². The minimum Gasteiger partial charge on any atom is -0.462 e. The predicted octanol–water partition coefficient (Wildman–Crippen LogP) is 4.48. The number of nitro benzene ring substituents is 1. The Bertz CT molecular complexity index is 1070. The van der Waals surface area contributed by atoms with Crippen LogP contribution in [0, 0.1) is 24.0 Å². The van der Waals surface area contributed by atoms with Gasteiger partial charge < -0.3 is 13.8 Å². The highest BCUT2D eigenvalue weighted by molar-refractivity contribution is 7.62. The van der Waals surface area contributed by atoms with Crippen molar-refractivity contribution >= 4 is 24.6 Å². The lowest BCUT2D eigenvalue weighted by Gasteiger charge is -2.34. The van der Waals surface area contributed by atoms with Crippen LogP contribution in [0.4, 0.5) is 5.69 Å². The largest absolute Gasteiger partial charge is 0.462 e. The number of non-ortho nitro benzene ring substituents is 1. The molecule has 3 rings (SSSR count). The topological polar surface area (TPSA) is 118 Å². The summed E-state index contributed by atoms with van der Waals surface area (Å²) in [7, 11) is -3.90. The van der Waals surface area contributed by atoms with Gasteiger partial charge in [0.05, 0.1) is 46.0 Å². The van der Waals surface area contributed by atoms with Crippen molar-refractivity contribution < 1.29 is 28.1 Å². The number of hydrogen-bond acceptors (Lipinski definition) is 8. The van der Waals surface area contributed by atoms with E-state index in [1.165, 1.54) is 18.2 Å². The summed E-state index contributed by atoms with van der Waals surface area (Å²) in [5.41, 5.74) is 1.17. The quantitative estimate of drug-likeness (QED) is 0.284. The minimum atomic E-state index is -3.90. The van der Waals surface area contributed by atoms with Crippen LogP contribution in [0.2, 0.25) is 0 Å². The van der Waals surface area contributed by atoms with E-state index >= 15 is 0 Å². The maximum atomic E-state index is 14.0. The third-order valence-corrected chi connectivity index (χ3v) is 7.30. The van der Waals surface area contributed by atoms with E-state index in [-0.39, 0.29) is 40.9 Å². The van der Waals surface area contributed by atoms with Crippen LogP contribution in [0.5, 0.6) is 0 Å². The average Bonchev–Trinajstić information content (AvgIpc) is 2.66.